The van der Waals surface area contributed by atoms with Crippen molar-refractivity contribution in [1.82, 2.24) is 10.1 Å². The Morgan fingerprint density at radius 2 is 2.10 bits per heavy atom. The summed E-state index contributed by atoms with van der Waals surface area (Å²) in [4.78, 5) is 4.12. The minimum Gasteiger partial charge on any atom is -0.367 e. The summed E-state index contributed by atoms with van der Waals surface area (Å²) in [6.45, 7) is 2.03. The fraction of sp³-hybridized carbons (Fsp3) is 0.0667. The average Bonchev–Trinajstić information content (AvgIpc) is 2.84. The summed E-state index contributed by atoms with van der Waals surface area (Å²) in [5.41, 5.74) is 10.4. The van der Waals surface area contributed by atoms with Gasteiger partial charge in [-0.2, -0.15) is 0 Å². The van der Waals surface area contributed by atoms with Gasteiger partial charge in [0.25, 0.3) is 0 Å². The first-order chi connectivity index (χ1) is 9.66. The Bertz CT molecular complexity index is 753. The molecular weight excluding hydrogens is 318 g/mol. The van der Waals surface area contributed by atoms with Crippen LogP contribution >= 0.6 is 15.9 Å². The van der Waals surface area contributed by atoms with E-state index in [2.05, 4.69) is 26.1 Å². The van der Waals surface area contributed by atoms with Crippen LogP contribution in [-0.2, 0) is 0 Å². The van der Waals surface area contributed by atoms with Crippen molar-refractivity contribution < 1.29 is 4.52 Å². The van der Waals surface area contributed by atoms with Crippen LogP contribution in [0.15, 0.2) is 51.7 Å². The molecule has 0 amide bonds. The topological polar surface area (TPSA) is 64.9 Å². The molecule has 3 aromatic rings. The van der Waals surface area contributed by atoms with Gasteiger partial charge in [0, 0.05) is 28.0 Å². The minimum atomic E-state index is 0.293. The lowest BCUT2D eigenvalue weighted by Gasteiger charge is -2.05. The van der Waals surface area contributed by atoms with E-state index in [9.17, 15) is 0 Å². The van der Waals surface area contributed by atoms with E-state index in [0.29, 0.717) is 11.6 Å². The van der Waals surface area contributed by atoms with E-state index in [-0.39, 0.29) is 0 Å². The Morgan fingerprint density at radius 1 is 1.25 bits per heavy atom. The van der Waals surface area contributed by atoms with Gasteiger partial charge in [-0.3, -0.25) is 4.98 Å². The average molecular weight is 330 g/mol. The van der Waals surface area contributed by atoms with Gasteiger partial charge in [0.15, 0.2) is 0 Å². The highest BCUT2D eigenvalue weighted by molar-refractivity contribution is 9.10. The maximum Gasteiger partial charge on any atom is 0.230 e. The number of nitrogens with zero attached hydrogens (tertiary/aromatic N) is 2. The van der Waals surface area contributed by atoms with Gasteiger partial charge in [0.1, 0.15) is 5.69 Å². The van der Waals surface area contributed by atoms with Gasteiger partial charge in [0.2, 0.25) is 5.88 Å². The molecule has 0 unspecified atom stereocenters. The molecule has 2 N–H and O–H groups in total. The molecule has 1 aromatic carbocycles. The van der Waals surface area contributed by atoms with Crippen LogP contribution in [0.2, 0.25) is 0 Å². The van der Waals surface area contributed by atoms with Crippen molar-refractivity contribution in [2.75, 3.05) is 5.73 Å². The second-order valence-corrected chi connectivity index (χ2v) is 5.35. The highest BCUT2D eigenvalue weighted by Crippen LogP contribution is 2.38. The number of nitrogen functional groups attached to an aromatic ring is 1. The van der Waals surface area contributed by atoms with Crippen LogP contribution in [0.5, 0.6) is 0 Å². The first kappa shape index (κ1) is 12.9. The Balaban J connectivity index is 2.24. The lowest BCUT2D eigenvalue weighted by atomic mass is 10.0. The molecule has 4 nitrogen and oxygen atoms in total. The molecule has 0 aliphatic rings. The molecule has 0 bridgehead atoms. The molecule has 20 heavy (non-hydrogen) atoms. The maximum absolute atomic E-state index is 5.93. The number of benzene rings is 1. The van der Waals surface area contributed by atoms with Crippen LogP contribution in [0.1, 0.15) is 5.56 Å². The Kier molecular flexibility index (Phi) is 3.28. The number of anilines is 1. The van der Waals surface area contributed by atoms with E-state index < -0.39 is 0 Å². The van der Waals surface area contributed by atoms with E-state index in [1.807, 2.05) is 37.3 Å². The van der Waals surface area contributed by atoms with Crippen LogP contribution in [0.4, 0.5) is 5.88 Å². The van der Waals surface area contributed by atoms with Crippen molar-refractivity contribution in [3.05, 3.63) is 52.8 Å². The number of aryl methyl sites for hydroxylation is 1. The quantitative estimate of drug-likeness (QED) is 0.770. The van der Waals surface area contributed by atoms with Crippen LogP contribution < -0.4 is 5.73 Å². The van der Waals surface area contributed by atoms with Gasteiger partial charge in [-0.25, -0.2) is 0 Å². The maximum atomic E-state index is 5.93. The van der Waals surface area contributed by atoms with Crippen LogP contribution in [0, 0.1) is 6.92 Å². The molecular formula is C15H12BrN3O. The van der Waals surface area contributed by atoms with E-state index in [4.69, 9.17) is 10.3 Å². The minimum absolute atomic E-state index is 0.293. The second-order valence-electron chi connectivity index (χ2n) is 4.50. The lowest BCUT2D eigenvalue weighted by Crippen LogP contribution is -1.89. The van der Waals surface area contributed by atoms with Gasteiger partial charge in [-0.1, -0.05) is 38.8 Å². The smallest absolute Gasteiger partial charge is 0.230 e. The summed E-state index contributed by atoms with van der Waals surface area (Å²) in [6, 6.07) is 9.85. The third-order valence-corrected chi connectivity index (χ3v) is 3.74. The summed E-state index contributed by atoms with van der Waals surface area (Å²) >= 11 is 3.55. The summed E-state index contributed by atoms with van der Waals surface area (Å²) in [5, 5.41) is 4.11. The van der Waals surface area contributed by atoms with Gasteiger partial charge >= 0.3 is 0 Å². The fourth-order valence-electron chi connectivity index (χ4n) is 2.10. The monoisotopic (exact) mass is 329 g/mol. The Hall–Kier alpha value is -2.14. The third kappa shape index (κ3) is 2.20. The first-order valence-electron chi connectivity index (χ1n) is 6.09. The molecule has 0 saturated heterocycles. The zero-order chi connectivity index (χ0) is 14.1. The number of hydrogen-bond donors (Lipinski definition) is 1. The molecule has 100 valence electrons. The van der Waals surface area contributed by atoms with Crippen LogP contribution in [0.3, 0.4) is 0 Å². The summed E-state index contributed by atoms with van der Waals surface area (Å²) in [7, 11) is 0. The predicted molar refractivity (Wildman–Crippen MR) is 82.0 cm³/mol. The molecule has 3 rings (SSSR count). The van der Waals surface area contributed by atoms with E-state index in [0.717, 1.165) is 26.7 Å². The second kappa shape index (κ2) is 5.09. The normalized spacial score (nSPS) is 10.7. The van der Waals surface area contributed by atoms with Crippen molar-refractivity contribution >= 4 is 21.8 Å². The van der Waals surface area contributed by atoms with Gasteiger partial charge in [0.05, 0.1) is 5.56 Å². The molecule has 0 spiro atoms. The molecule has 0 aliphatic heterocycles. The van der Waals surface area contributed by atoms with E-state index >= 15 is 0 Å². The Morgan fingerprint density at radius 3 is 2.85 bits per heavy atom. The SMILES string of the molecule is Cc1ccc(Br)c(-c2noc(N)c2-c2cccnc2)c1. The first-order valence-corrected chi connectivity index (χ1v) is 6.88. The molecule has 0 saturated carbocycles. The predicted octanol–water partition coefficient (Wildman–Crippen LogP) is 4.06. The molecule has 0 radical (unpaired) electrons. The number of aromatic nitrogens is 2. The highest BCUT2D eigenvalue weighted by Gasteiger charge is 2.19. The molecule has 2 aromatic heterocycles. The van der Waals surface area contributed by atoms with Crippen molar-refractivity contribution in [2.45, 2.75) is 6.92 Å². The molecule has 5 heteroatoms. The van der Waals surface area contributed by atoms with E-state index in [1.165, 1.54) is 0 Å². The van der Waals surface area contributed by atoms with Gasteiger partial charge in [-0.15, -0.1) is 0 Å². The van der Waals surface area contributed by atoms with E-state index in [1.54, 1.807) is 12.4 Å². The van der Waals surface area contributed by atoms with Crippen molar-refractivity contribution in [2.24, 2.45) is 0 Å². The van der Waals surface area contributed by atoms with Crippen LogP contribution in [-0.4, -0.2) is 10.1 Å². The molecule has 0 fully saturated rings. The van der Waals surface area contributed by atoms with Crippen LogP contribution in [0.25, 0.3) is 22.4 Å². The molecule has 0 atom stereocenters. The van der Waals surface area contributed by atoms with Gasteiger partial charge in [-0.05, 0) is 25.1 Å². The summed E-state index contributed by atoms with van der Waals surface area (Å²) in [5.74, 6) is 0.293. The van der Waals surface area contributed by atoms with Crippen molar-refractivity contribution in [3.63, 3.8) is 0 Å². The molecule has 0 aliphatic carbocycles. The van der Waals surface area contributed by atoms with Crippen molar-refractivity contribution in [1.29, 1.82) is 0 Å². The highest BCUT2D eigenvalue weighted by atomic mass is 79.9. The van der Waals surface area contributed by atoms with Gasteiger partial charge < -0.3 is 10.3 Å². The third-order valence-electron chi connectivity index (χ3n) is 3.05. The van der Waals surface area contributed by atoms with Crippen molar-refractivity contribution in [3.8, 4) is 22.4 Å². The lowest BCUT2D eigenvalue weighted by molar-refractivity contribution is 0.439. The number of halogens is 1. The largest absolute Gasteiger partial charge is 0.367 e. The summed E-state index contributed by atoms with van der Waals surface area (Å²) < 4.78 is 6.12. The number of rotatable bonds is 2. The number of nitrogens with two attached hydrogens (primary N) is 1. The number of hydrogen-bond acceptors (Lipinski definition) is 4. The fourth-order valence-corrected chi connectivity index (χ4v) is 2.53. The zero-order valence-corrected chi connectivity index (χ0v) is 12.4. The summed E-state index contributed by atoms with van der Waals surface area (Å²) in [6.07, 6.45) is 3.46. The molecule has 2 heterocycles. The Labute approximate surface area is 124 Å². The standard InChI is InChI=1S/C15H12BrN3O/c1-9-4-5-12(16)11(7-9)14-13(15(17)20-19-14)10-3-2-6-18-8-10/h2-8H,17H2,1H3. The number of pyridine rings is 1. The zero-order valence-electron chi connectivity index (χ0n) is 10.8.